The molecular formula is C12H12N2O4S. The van der Waals surface area contributed by atoms with Gasteiger partial charge in [-0.15, -0.1) is 11.3 Å². The zero-order valence-electron chi connectivity index (χ0n) is 10.1. The lowest BCUT2D eigenvalue weighted by Gasteiger charge is -2.10. The number of hydrogen-bond donors (Lipinski definition) is 2. The van der Waals surface area contributed by atoms with E-state index >= 15 is 0 Å². The van der Waals surface area contributed by atoms with E-state index in [2.05, 4.69) is 10.3 Å². The van der Waals surface area contributed by atoms with E-state index in [0.717, 1.165) is 0 Å². The van der Waals surface area contributed by atoms with Crippen molar-refractivity contribution in [3.05, 3.63) is 40.2 Å². The molecule has 0 aliphatic carbocycles. The van der Waals surface area contributed by atoms with E-state index in [1.165, 1.54) is 22.9 Å². The maximum absolute atomic E-state index is 11.9. The van der Waals surface area contributed by atoms with Crippen molar-refractivity contribution in [3.63, 3.8) is 0 Å². The monoisotopic (exact) mass is 280 g/mol. The number of furan rings is 1. The minimum atomic E-state index is -1.17. The first-order valence-corrected chi connectivity index (χ1v) is 6.56. The Labute approximate surface area is 113 Å². The minimum Gasteiger partial charge on any atom is -0.479 e. The first-order chi connectivity index (χ1) is 9.11. The SMILES string of the molecule is CCc1ccc(C(=O)NC(C(=O)O)c2cscn2)o1. The molecule has 6 nitrogen and oxygen atoms in total. The molecule has 0 saturated carbocycles. The highest BCUT2D eigenvalue weighted by Crippen LogP contribution is 2.15. The van der Waals surface area contributed by atoms with Gasteiger partial charge in [-0.25, -0.2) is 9.78 Å². The second kappa shape index (κ2) is 5.66. The number of thiazole rings is 1. The second-order valence-corrected chi connectivity index (χ2v) is 4.50. The molecule has 0 radical (unpaired) electrons. The summed E-state index contributed by atoms with van der Waals surface area (Å²) >= 11 is 1.27. The van der Waals surface area contributed by atoms with Crippen LogP contribution in [-0.4, -0.2) is 22.0 Å². The van der Waals surface area contributed by atoms with Crippen molar-refractivity contribution < 1.29 is 19.1 Å². The van der Waals surface area contributed by atoms with Gasteiger partial charge in [-0.2, -0.15) is 0 Å². The molecule has 0 bridgehead atoms. The quantitative estimate of drug-likeness (QED) is 0.872. The fourth-order valence-electron chi connectivity index (χ4n) is 1.52. The number of carbonyl (C=O) groups excluding carboxylic acids is 1. The minimum absolute atomic E-state index is 0.0957. The van der Waals surface area contributed by atoms with E-state index < -0.39 is 17.9 Å². The zero-order chi connectivity index (χ0) is 13.8. The second-order valence-electron chi connectivity index (χ2n) is 3.78. The number of carboxylic acid groups (broad SMARTS) is 1. The van der Waals surface area contributed by atoms with Crippen LogP contribution in [0.3, 0.4) is 0 Å². The normalized spacial score (nSPS) is 12.1. The summed E-state index contributed by atoms with van der Waals surface area (Å²) in [5.74, 6) is -0.967. The molecule has 2 heterocycles. The highest BCUT2D eigenvalue weighted by Gasteiger charge is 2.25. The van der Waals surface area contributed by atoms with Crippen molar-refractivity contribution in [2.75, 3.05) is 0 Å². The number of aryl methyl sites for hydroxylation is 1. The number of aliphatic carboxylic acids is 1. The topological polar surface area (TPSA) is 92.4 Å². The van der Waals surface area contributed by atoms with Crippen LogP contribution in [0, 0.1) is 0 Å². The maximum atomic E-state index is 11.9. The maximum Gasteiger partial charge on any atom is 0.332 e. The average molecular weight is 280 g/mol. The van der Waals surface area contributed by atoms with Gasteiger partial charge in [0.15, 0.2) is 11.8 Å². The van der Waals surface area contributed by atoms with E-state index in [1.54, 1.807) is 11.4 Å². The fourth-order valence-corrected chi connectivity index (χ4v) is 2.10. The Hall–Kier alpha value is -2.15. The molecule has 1 amide bonds. The first kappa shape index (κ1) is 13.3. The van der Waals surface area contributed by atoms with Crippen LogP contribution in [0.2, 0.25) is 0 Å². The molecule has 0 aliphatic heterocycles. The average Bonchev–Trinajstić information content (AvgIpc) is 3.05. The van der Waals surface area contributed by atoms with Gasteiger partial charge in [-0.3, -0.25) is 4.79 Å². The van der Waals surface area contributed by atoms with Crippen LogP contribution >= 0.6 is 11.3 Å². The number of carboxylic acids is 1. The lowest BCUT2D eigenvalue weighted by Crippen LogP contribution is -2.33. The molecule has 2 aromatic heterocycles. The number of aromatic nitrogens is 1. The number of carbonyl (C=O) groups is 2. The Balaban J connectivity index is 2.13. The van der Waals surface area contributed by atoms with E-state index in [-0.39, 0.29) is 5.76 Å². The van der Waals surface area contributed by atoms with Crippen LogP contribution < -0.4 is 5.32 Å². The van der Waals surface area contributed by atoms with E-state index in [0.29, 0.717) is 17.9 Å². The van der Waals surface area contributed by atoms with E-state index in [4.69, 9.17) is 9.52 Å². The summed E-state index contributed by atoms with van der Waals surface area (Å²) in [6.45, 7) is 1.90. The summed E-state index contributed by atoms with van der Waals surface area (Å²) in [5.41, 5.74) is 1.81. The molecule has 2 N–H and O–H groups in total. The van der Waals surface area contributed by atoms with Gasteiger partial charge in [0.2, 0.25) is 0 Å². The predicted octanol–water partition coefficient (Wildman–Crippen LogP) is 1.85. The lowest BCUT2D eigenvalue weighted by molar-refractivity contribution is -0.139. The predicted molar refractivity (Wildman–Crippen MR) is 68.0 cm³/mol. The first-order valence-electron chi connectivity index (χ1n) is 5.62. The Morgan fingerprint density at radius 1 is 1.53 bits per heavy atom. The summed E-state index contributed by atoms with van der Waals surface area (Å²) in [7, 11) is 0. The van der Waals surface area contributed by atoms with Crippen LogP contribution in [0.25, 0.3) is 0 Å². The summed E-state index contributed by atoms with van der Waals surface area (Å²) in [6.07, 6.45) is 0.668. The third-order valence-electron chi connectivity index (χ3n) is 2.50. The van der Waals surface area contributed by atoms with Crippen molar-refractivity contribution in [3.8, 4) is 0 Å². The van der Waals surface area contributed by atoms with Crippen molar-refractivity contribution >= 4 is 23.2 Å². The number of amides is 1. The lowest BCUT2D eigenvalue weighted by atomic mass is 10.2. The Morgan fingerprint density at radius 3 is 2.84 bits per heavy atom. The van der Waals surface area contributed by atoms with Crippen LogP contribution in [-0.2, 0) is 11.2 Å². The molecule has 0 saturated heterocycles. The van der Waals surface area contributed by atoms with Gasteiger partial charge in [0, 0.05) is 11.8 Å². The van der Waals surface area contributed by atoms with Gasteiger partial charge in [-0.05, 0) is 12.1 Å². The molecule has 0 aromatic carbocycles. The Bertz CT molecular complexity index is 576. The summed E-state index contributed by atoms with van der Waals surface area (Å²) in [6, 6.07) is 2.04. The molecule has 19 heavy (non-hydrogen) atoms. The van der Waals surface area contributed by atoms with E-state index in [1.807, 2.05) is 6.92 Å². The van der Waals surface area contributed by atoms with Crippen LogP contribution in [0.15, 0.2) is 27.4 Å². The molecule has 1 atom stereocenters. The summed E-state index contributed by atoms with van der Waals surface area (Å²) in [4.78, 5) is 26.9. The highest BCUT2D eigenvalue weighted by molar-refractivity contribution is 7.07. The Kier molecular flexibility index (Phi) is 3.96. The van der Waals surface area contributed by atoms with Crippen LogP contribution in [0.1, 0.15) is 35.0 Å². The molecule has 7 heteroatoms. The van der Waals surface area contributed by atoms with Crippen molar-refractivity contribution in [1.82, 2.24) is 10.3 Å². The molecule has 2 aromatic rings. The van der Waals surface area contributed by atoms with Gasteiger partial charge in [-0.1, -0.05) is 6.92 Å². The van der Waals surface area contributed by atoms with E-state index in [9.17, 15) is 9.59 Å². The molecule has 0 aliphatic rings. The number of rotatable bonds is 5. The Morgan fingerprint density at radius 2 is 2.32 bits per heavy atom. The van der Waals surface area contributed by atoms with Crippen molar-refractivity contribution in [1.29, 1.82) is 0 Å². The summed E-state index contributed by atoms with van der Waals surface area (Å²) in [5, 5.41) is 13.1. The molecular weight excluding hydrogens is 268 g/mol. The molecule has 0 fully saturated rings. The van der Waals surface area contributed by atoms with Gasteiger partial charge in [0.05, 0.1) is 11.2 Å². The standard InChI is InChI=1S/C12H12N2O4S/c1-2-7-3-4-9(18-7)11(15)14-10(12(16)17)8-5-19-6-13-8/h3-6,10H,2H2,1H3,(H,14,15)(H,16,17). The number of nitrogens with zero attached hydrogens (tertiary/aromatic N) is 1. The number of nitrogens with one attached hydrogen (secondary N) is 1. The third-order valence-corrected chi connectivity index (χ3v) is 3.11. The fraction of sp³-hybridized carbons (Fsp3) is 0.250. The molecule has 0 spiro atoms. The largest absolute Gasteiger partial charge is 0.479 e. The van der Waals surface area contributed by atoms with Crippen LogP contribution in [0.5, 0.6) is 0 Å². The van der Waals surface area contributed by atoms with Gasteiger partial charge >= 0.3 is 5.97 Å². The van der Waals surface area contributed by atoms with Crippen molar-refractivity contribution in [2.24, 2.45) is 0 Å². The molecule has 2 rings (SSSR count). The highest BCUT2D eigenvalue weighted by atomic mass is 32.1. The van der Waals surface area contributed by atoms with Gasteiger partial charge < -0.3 is 14.8 Å². The van der Waals surface area contributed by atoms with Gasteiger partial charge in [0.1, 0.15) is 5.76 Å². The van der Waals surface area contributed by atoms with Crippen molar-refractivity contribution in [2.45, 2.75) is 19.4 Å². The zero-order valence-corrected chi connectivity index (χ0v) is 10.9. The molecule has 100 valence electrons. The summed E-state index contributed by atoms with van der Waals surface area (Å²) < 4.78 is 5.27. The van der Waals surface area contributed by atoms with Gasteiger partial charge in [0.25, 0.3) is 5.91 Å². The van der Waals surface area contributed by atoms with Crippen LogP contribution in [0.4, 0.5) is 0 Å². The molecule has 1 unspecified atom stereocenters. The third kappa shape index (κ3) is 3.00. The smallest absolute Gasteiger partial charge is 0.332 e. The number of hydrogen-bond acceptors (Lipinski definition) is 5.